The van der Waals surface area contributed by atoms with Crippen molar-refractivity contribution in [1.82, 2.24) is 0 Å². The summed E-state index contributed by atoms with van der Waals surface area (Å²) in [5, 5.41) is 5.42. The summed E-state index contributed by atoms with van der Waals surface area (Å²) in [5.41, 5.74) is 3.62. The fourth-order valence-corrected chi connectivity index (χ4v) is 2.99. The quantitative estimate of drug-likeness (QED) is 0.473. The molecule has 0 bridgehead atoms. The molecule has 0 fully saturated rings. The molecule has 0 radical (unpaired) electrons. The molecule has 0 aromatic heterocycles. The number of esters is 2. The first-order valence-corrected chi connectivity index (χ1v) is 11.2. The van der Waals surface area contributed by atoms with Gasteiger partial charge in [0, 0.05) is 24.2 Å². The van der Waals surface area contributed by atoms with Crippen LogP contribution in [0.5, 0.6) is 0 Å². The highest BCUT2D eigenvalue weighted by Crippen LogP contribution is 2.16. The third-order valence-electron chi connectivity index (χ3n) is 4.76. The Balaban J connectivity index is 1.66. The summed E-state index contributed by atoms with van der Waals surface area (Å²) in [7, 11) is 0. The van der Waals surface area contributed by atoms with Gasteiger partial charge in [-0.15, -0.1) is 0 Å². The number of benzene rings is 2. The number of rotatable bonds is 11. The van der Waals surface area contributed by atoms with Gasteiger partial charge in [-0.2, -0.15) is 0 Å². The van der Waals surface area contributed by atoms with Gasteiger partial charge in [0.1, 0.15) is 0 Å². The van der Waals surface area contributed by atoms with Crippen molar-refractivity contribution in [3.63, 3.8) is 0 Å². The minimum Gasteiger partial charge on any atom is -0.462 e. The molecule has 8 nitrogen and oxygen atoms in total. The second-order valence-corrected chi connectivity index (χ2v) is 8.50. The van der Waals surface area contributed by atoms with Crippen molar-refractivity contribution in [3.05, 3.63) is 59.2 Å². The number of nitrogens with one attached hydrogen (secondary N) is 2. The second kappa shape index (κ2) is 13.1. The van der Waals surface area contributed by atoms with Gasteiger partial charge >= 0.3 is 11.9 Å². The van der Waals surface area contributed by atoms with Crippen LogP contribution in [0.25, 0.3) is 0 Å². The number of amides is 2. The Bertz CT molecular complexity index is 1010. The lowest BCUT2D eigenvalue weighted by molar-refractivity contribution is -0.147. The molecular formula is C26H32N2O6. The van der Waals surface area contributed by atoms with Crippen LogP contribution in [0.4, 0.5) is 11.4 Å². The molecule has 2 amide bonds. The van der Waals surface area contributed by atoms with Crippen LogP contribution < -0.4 is 10.6 Å². The molecule has 8 heteroatoms. The van der Waals surface area contributed by atoms with Crippen molar-refractivity contribution in [2.45, 2.75) is 47.0 Å². The Morgan fingerprint density at radius 1 is 0.853 bits per heavy atom. The summed E-state index contributed by atoms with van der Waals surface area (Å²) in [6.45, 7) is 7.71. The lowest BCUT2D eigenvalue weighted by Crippen LogP contribution is -2.21. The predicted octanol–water partition coefficient (Wildman–Crippen LogP) is 4.41. The zero-order valence-corrected chi connectivity index (χ0v) is 20.1. The first-order chi connectivity index (χ1) is 16.1. The molecule has 0 aliphatic heterocycles. The first-order valence-electron chi connectivity index (χ1n) is 11.2. The standard InChI is InChI=1S/C26H32N2O6/c1-17(2)15-34-26(32)20-9-11-21(12-10-20)27-23(29)6-5-7-25(31)33-16-24(30)28-22-13-8-18(3)14-19(22)4/h8-14,17H,5-7,15-16H2,1-4H3,(H,27,29)(H,28,30). The van der Waals surface area contributed by atoms with Crippen LogP contribution >= 0.6 is 0 Å². The third-order valence-corrected chi connectivity index (χ3v) is 4.76. The molecule has 182 valence electrons. The second-order valence-electron chi connectivity index (χ2n) is 8.50. The zero-order chi connectivity index (χ0) is 25.1. The molecule has 34 heavy (non-hydrogen) atoms. The summed E-state index contributed by atoms with van der Waals surface area (Å²) >= 11 is 0. The van der Waals surface area contributed by atoms with E-state index in [0.717, 1.165) is 11.1 Å². The smallest absolute Gasteiger partial charge is 0.338 e. The monoisotopic (exact) mass is 468 g/mol. The number of aryl methyl sites for hydroxylation is 2. The molecule has 0 atom stereocenters. The summed E-state index contributed by atoms with van der Waals surface area (Å²) in [4.78, 5) is 47.9. The van der Waals surface area contributed by atoms with Crippen LogP contribution in [0, 0.1) is 19.8 Å². The molecule has 0 spiro atoms. The molecule has 0 unspecified atom stereocenters. The van der Waals surface area contributed by atoms with Gasteiger partial charge in [0.15, 0.2) is 6.61 Å². The average Bonchev–Trinajstić information content (AvgIpc) is 2.78. The highest BCUT2D eigenvalue weighted by Gasteiger charge is 2.12. The van der Waals surface area contributed by atoms with E-state index in [9.17, 15) is 19.2 Å². The van der Waals surface area contributed by atoms with Crippen LogP contribution in [-0.4, -0.2) is 37.0 Å². The largest absolute Gasteiger partial charge is 0.462 e. The summed E-state index contributed by atoms with van der Waals surface area (Å²) < 4.78 is 10.1. The van der Waals surface area contributed by atoms with Gasteiger partial charge in [-0.05, 0) is 62.1 Å². The molecule has 2 aromatic carbocycles. The minimum absolute atomic E-state index is 0.0187. The minimum atomic E-state index is -0.548. The maximum absolute atomic E-state index is 12.1. The Kier molecular flexibility index (Phi) is 10.3. The molecule has 2 aromatic rings. The SMILES string of the molecule is Cc1ccc(NC(=O)COC(=O)CCCC(=O)Nc2ccc(C(=O)OCC(C)C)cc2)c(C)c1. The van der Waals surface area contributed by atoms with Gasteiger partial charge in [0.25, 0.3) is 5.91 Å². The Labute approximate surface area is 200 Å². The van der Waals surface area contributed by atoms with E-state index in [1.54, 1.807) is 30.3 Å². The van der Waals surface area contributed by atoms with Gasteiger partial charge in [0.05, 0.1) is 12.2 Å². The predicted molar refractivity (Wildman–Crippen MR) is 130 cm³/mol. The highest BCUT2D eigenvalue weighted by atomic mass is 16.5. The molecular weight excluding hydrogens is 436 g/mol. The summed E-state index contributed by atoms with van der Waals surface area (Å²) in [5.74, 6) is -1.40. The van der Waals surface area contributed by atoms with Crippen molar-refractivity contribution in [2.75, 3.05) is 23.8 Å². The Morgan fingerprint density at radius 3 is 2.21 bits per heavy atom. The van der Waals surface area contributed by atoms with E-state index < -0.39 is 17.8 Å². The first kappa shape index (κ1) is 26.6. The topological polar surface area (TPSA) is 111 Å². The number of anilines is 2. The van der Waals surface area contributed by atoms with Gasteiger partial charge in [0.2, 0.25) is 5.91 Å². The number of hydrogen-bond acceptors (Lipinski definition) is 6. The highest BCUT2D eigenvalue weighted by molar-refractivity contribution is 5.94. The summed E-state index contributed by atoms with van der Waals surface area (Å²) in [6, 6.07) is 12.0. The molecule has 0 heterocycles. The number of ether oxygens (including phenoxy) is 2. The van der Waals surface area contributed by atoms with Crippen LogP contribution in [0.3, 0.4) is 0 Å². The van der Waals surface area contributed by atoms with Crippen LogP contribution in [0.15, 0.2) is 42.5 Å². The lowest BCUT2D eigenvalue weighted by Gasteiger charge is -2.10. The maximum atomic E-state index is 12.1. The molecule has 0 aliphatic carbocycles. The van der Waals surface area contributed by atoms with Crippen molar-refractivity contribution >= 4 is 35.1 Å². The van der Waals surface area contributed by atoms with Crippen LogP contribution in [0.2, 0.25) is 0 Å². The number of carbonyl (C=O) groups is 4. The van der Waals surface area contributed by atoms with Gasteiger partial charge in [-0.25, -0.2) is 4.79 Å². The maximum Gasteiger partial charge on any atom is 0.338 e. The van der Waals surface area contributed by atoms with E-state index in [-0.39, 0.29) is 37.7 Å². The zero-order valence-electron chi connectivity index (χ0n) is 20.1. The third kappa shape index (κ3) is 9.44. The van der Waals surface area contributed by atoms with Crippen molar-refractivity contribution in [1.29, 1.82) is 0 Å². The van der Waals surface area contributed by atoms with E-state index >= 15 is 0 Å². The lowest BCUT2D eigenvalue weighted by atomic mass is 10.1. The van der Waals surface area contributed by atoms with Crippen molar-refractivity contribution in [3.8, 4) is 0 Å². The van der Waals surface area contributed by atoms with Gasteiger partial charge in [-0.3, -0.25) is 14.4 Å². The van der Waals surface area contributed by atoms with Gasteiger partial charge < -0.3 is 20.1 Å². The van der Waals surface area contributed by atoms with E-state index in [1.807, 2.05) is 39.8 Å². The number of carbonyl (C=O) groups excluding carboxylic acids is 4. The van der Waals surface area contributed by atoms with Crippen molar-refractivity contribution in [2.24, 2.45) is 5.92 Å². The van der Waals surface area contributed by atoms with E-state index in [1.165, 1.54) is 0 Å². The Hall–Kier alpha value is -3.68. The van der Waals surface area contributed by atoms with Crippen LogP contribution in [-0.2, 0) is 23.9 Å². The molecule has 0 saturated heterocycles. The average molecular weight is 469 g/mol. The molecule has 2 N–H and O–H groups in total. The van der Waals surface area contributed by atoms with E-state index in [0.29, 0.717) is 23.5 Å². The molecule has 0 aliphatic rings. The fourth-order valence-electron chi connectivity index (χ4n) is 2.99. The normalized spacial score (nSPS) is 10.5. The summed E-state index contributed by atoms with van der Waals surface area (Å²) in [6.07, 6.45) is 0.413. The Morgan fingerprint density at radius 2 is 1.56 bits per heavy atom. The van der Waals surface area contributed by atoms with Gasteiger partial charge in [-0.1, -0.05) is 31.5 Å². The molecule has 0 saturated carbocycles. The van der Waals surface area contributed by atoms with Crippen molar-refractivity contribution < 1.29 is 28.7 Å². The van der Waals surface area contributed by atoms with E-state index in [4.69, 9.17) is 9.47 Å². The molecule has 2 rings (SSSR count). The fraction of sp³-hybridized carbons (Fsp3) is 0.385. The van der Waals surface area contributed by atoms with E-state index in [2.05, 4.69) is 10.6 Å². The van der Waals surface area contributed by atoms with Crippen LogP contribution in [0.1, 0.15) is 54.6 Å². The number of hydrogen-bond donors (Lipinski definition) is 2.